The van der Waals surface area contributed by atoms with Gasteiger partial charge in [0.1, 0.15) is 0 Å². The standard InChI is InChI=1S/C21H25N3O4S/c1-2-15-6-3-4-8-18(15)23-21(26)12-13-22-29(27,28)17-10-11-19-16(14-17)7-5-9-20(25)24-19/h3-4,6,8,10-11,14,22H,2,5,7,9,12-13H2,1H3,(H,23,26)(H,24,25). The number of sulfonamides is 1. The number of carbonyl (C=O) groups excluding carboxylic acids is 2. The maximum absolute atomic E-state index is 12.6. The van der Waals surface area contributed by atoms with E-state index in [4.69, 9.17) is 0 Å². The van der Waals surface area contributed by atoms with Crippen molar-refractivity contribution in [2.75, 3.05) is 17.2 Å². The van der Waals surface area contributed by atoms with Gasteiger partial charge in [0, 0.05) is 30.8 Å². The summed E-state index contributed by atoms with van der Waals surface area (Å²) in [4.78, 5) is 23.9. The lowest BCUT2D eigenvalue weighted by Gasteiger charge is -2.12. The van der Waals surface area contributed by atoms with E-state index in [0.717, 1.165) is 23.2 Å². The Bertz CT molecular complexity index is 1020. The average Bonchev–Trinajstić information content (AvgIpc) is 2.88. The second kappa shape index (κ2) is 9.19. The van der Waals surface area contributed by atoms with Gasteiger partial charge in [-0.05, 0) is 54.7 Å². The molecule has 0 radical (unpaired) electrons. The molecule has 0 fully saturated rings. The molecule has 2 amide bonds. The Morgan fingerprint density at radius 3 is 2.72 bits per heavy atom. The number of para-hydroxylation sites is 1. The van der Waals surface area contributed by atoms with Crippen LogP contribution in [0.25, 0.3) is 0 Å². The molecule has 0 aromatic heterocycles. The number of benzene rings is 2. The molecule has 1 aliphatic rings. The number of hydrogen-bond acceptors (Lipinski definition) is 4. The van der Waals surface area contributed by atoms with Crippen LogP contribution in [0.3, 0.4) is 0 Å². The number of rotatable bonds is 7. The Balaban J connectivity index is 1.59. The zero-order valence-corrected chi connectivity index (χ0v) is 17.1. The summed E-state index contributed by atoms with van der Waals surface area (Å²) in [5.74, 6) is -0.314. The average molecular weight is 416 g/mol. The normalized spacial score (nSPS) is 13.9. The van der Waals surface area contributed by atoms with Gasteiger partial charge in [0.05, 0.1) is 4.90 Å². The van der Waals surface area contributed by atoms with Crippen molar-refractivity contribution in [2.24, 2.45) is 0 Å². The minimum atomic E-state index is -3.74. The van der Waals surface area contributed by atoms with Crippen molar-refractivity contribution in [2.45, 2.75) is 43.9 Å². The fourth-order valence-corrected chi connectivity index (χ4v) is 4.35. The molecular weight excluding hydrogens is 390 g/mol. The largest absolute Gasteiger partial charge is 0.326 e. The lowest BCUT2D eigenvalue weighted by atomic mass is 10.1. The molecule has 7 nitrogen and oxygen atoms in total. The highest BCUT2D eigenvalue weighted by molar-refractivity contribution is 7.89. The molecule has 3 rings (SSSR count). The quantitative estimate of drug-likeness (QED) is 0.647. The molecule has 0 atom stereocenters. The SMILES string of the molecule is CCc1ccccc1NC(=O)CCNS(=O)(=O)c1ccc2c(c1)CCCC(=O)N2. The van der Waals surface area contributed by atoms with Gasteiger partial charge in [0.25, 0.3) is 0 Å². The third-order valence-corrected chi connectivity index (χ3v) is 6.29. The van der Waals surface area contributed by atoms with Crippen LogP contribution >= 0.6 is 0 Å². The molecule has 0 aliphatic carbocycles. The van der Waals surface area contributed by atoms with E-state index in [0.29, 0.717) is 24.9 Å². The molecule has 0 unspecified atom stereocenters. The highest BCUT2D eigenvalue weighted by Gasteiger charge is 2.19. The van der Waals surface area contributed by atoms with Gasteiger partial charge in [-0.15, -0.1) is 0 Å². The predicted octanol–water partition coefficient (Wildman–Crippen LogP) is 2.83. The first kappa shape index (κ1) is 21.0. The summed E-state index contributed by atoms with van der Waals surface area (Å²) >= 11 is 0. The summed E-state index contributed by atoms with van der Waals surface area (Å²) in [6, 6.07) is 12.2. The van der Waals surface area contributed by atoms with Crippen LogP contribution in [0.4, 0.5) is 11.4 Å². The summed E-state index contributed by atoms with van der Waals surface area (Å²) < 4.78 is 27.6. The van der Waals surface area contributed by atoms with Crippen molar-refractivity contribution in [3.63, 3.8) is 0 Å². The molecule has 0 saturated carbocycles. The van der Waals surface area contributed by atoms with E-state index in [1.165, 1.54) is 6.07 Å². The van der Waals surface area contributed by atoms with E-state index in [9.17, 15) is 18.0 Å². The van der Waals surface area contributed by atoms with E-state index in [2.05, 4.69) is 15.4 Å². The van der Waals surface area contributed by atoms with Crippen molar-refractivity contribution in [3.05, 3.63) is 53.6 Å². The van der Waals surface area contributed by atoms with Crippen LogP contribution in [0.1, 0.15) is 37.3 Å². The van der Waals surface area contributed by atoms with Crippen LogP contribution in [0.15, 0.2) is 47.4 Å². The van der Waals surface area contributed by atoms with Crippen molar-refractivity contribution in [1.29, 1.82) is 0 Å². The number of aryl methyl sites for hydroxylation is 2. The Kier molecular flexibility index (Phi) is 6.66. The highest BCUT2D eigenvalue weighted by Crippen LogP contribution is 2.25. The Labute approximate surface area is 171 Å². The lowest BCUT2D eigenvalue weighted by Crippen LogP contribution is -2.28. The van der Waals surface area contributed by atoms with Gasteiger partial charge >= 0.3 is 0 Å². The van der Waals surface area contributed by atoms with Crippen LogP contribution in [0.2, 0.25) is 0 Å². The third kappa shape index (κ3) is 5.42. The van der Waals surface area contributed by atoms with Crippen molar-refractivity contribution >= 4 is 33.2 Å². The summed E-state index contributed by atoms with van der Waals surface area (Å²) in [7, 11) is -3.74. The van der Waals surface area contributed by atoms with Crippen LogP contribution in [0, 0.1) is 0 Å². The first-order valence-corrected chi connectivity index (χ1v) is 11.2. The van der Waals surface area contributed by atoms with Crippen LogP contribution in [0.5, 0.6) is 0 Å². The van der Waals surface area contributed by atoms with Crippen LogP contribution in [-0.4, -0.2) is 26.8 Å². The summed E-state index contributed by atoms with van der Waals surface area (Å²) in [6.45, 7) is 2.00. The van der Waals surface area contributed by atoms with E-state index >= 15 is 0 Å². The molecule has 1 heterocycles. The summed E-state index contributed by atoms with van der Waals surface area (Å²) in [6.07, 6.45) is 2.55. The highest BCUT2D eigenvalue weighted by atomic mass is 32.2. The minimum Gasteiger partial charge on any atom is -0.326 e. The third-order valence-electron chi connectivity index (χ3n) is 4.83. The van der Waals surface area contributed by atoms with Gasteiger partial charge in [-0.25, -0.2) is 13.1 Å². The molecule has 0 bridgehead atoms. The summed E-state index contributed by atoms with van der Waals surface area (Å²) in [5.41, 5.74) is 3.22. The number of hydrogen-bond donors (Lipinski definition) is 3. The van der Waals surface area contributed by atoms with Crippen molar-refractivity contribution < 1.29 is 18.0 Å². The first-order valence-electron chi connectivity index (χ1n) is 9.69. The predicted molar refractivity (Wildman–Crippen MR) is 112 cm³/mol. The minimum absolute atomic E-state index is 0.00369. The molecule has 29 heavy (non-hydrogen) atoms. The van der Waals surface area contributed by atoms with Crippen molar-refractivity contribution in [3.8, 4) is 0 Å². The number of carbonyl (C=O) groups is 2. The number of nitrogens with one attached hydrogen (secondary N) is 3. The van der Waals surface area contributed by atoms with E-state index in [1.807, 2.05) is 31.2 Å². The molecule has 2 aromatic rings. The zero-order chi connectivity index (χ0) is 20.9. The number of amides is 2. The molecule has 1 aliphatic heterocycles. The second-order valence-electron chi connectivity index (χ2n) is 6.93. The summed E-state index contributed by atoms with van der Waals surface area (Å²) in [5, 5.41) is 5.61. The Morgan fingerprint density at radius 1 is 1.14 bits per heavy atom. The van der Waals surface area contributed by atoms with E-state index in [-0.39, 0.29) is 29.7 Å². The first-order chi connectivity index (χ1) is 13.9. The molecule has 8 heteroatoms. The number of fused-ring (bicyclic) bond motifs is 1. The molecule has 154 valence electrons. The molecular formula is C21H25N3O4S. The topological polar surface area (TPSA) is 104 Å². The fraction of sp³-hybridized carbons (Fsp3) is 0.333. The fourth-order valence-electron chi connectivity index (χ4n) is 3.26. The Hall–Kier alpha value is -2.71. The van der Waals surface area contributed by atoms with E-state index < -0.39 is 10.0 Å². The van der Waals surface area contributed by atoms with Crippen LogP contribution in [-0.2, 0) is 32.5 Å². The monoisotopic (exact) mass is 415 g/mol. The van der Waals surface area contributed by atoms with Crippen molar-refractivity contribution in [1.82, 2.24) is 4.72 Å². The van der Waals surface area contributed by atoms with Gasteiger partial charge in [0.2, 0.25) is 21.8 Å². The van der Waals surface area contributed by atoms with Gasteiger partial charge in [-0.3, -0.25) is 9.59 Å². The molecule has 0 saturated heterocycles. The maximum atomic E-state index is 12.6. The molecule has 0 spiro atoms. The van der Waals surface area contributed by atoms with E-state index in [1.54, 1.807) is 12.1 Å². The van der Waals surface area contributed by atoms with Crippen LogP contribution < -0.4 is 15.4 Å². The smallest absolute Gasteiger partial charge is 0.240 e. The number of anilines is 2. The van der Waals surface area contributed by atoms with Gasteiger partial charge in [-0.1, -0.05) is 25.1 Å². The Morgan fingerprint density at radius 2 is 1.93 bits per heavy atom. The molecule has 3 N–H and O–H groups in total. The van der Waals surface area contributed by atoms with Gasteiger partial charge in [-0.2, -0.15) is 0 Å². The van der Waals surface area contributed by atoms with Gasteiger partial charge < -0.3 is 10.6 Å². The zero-order valence-electron chi connectivity index (χ0n) is 16.3. The lowest BCUT2D eigenvalue weighted by molar-refractivity contribution is -0.116. The molecule has 2 aromatic carbocycles. The maximum Gasteiger partial charge on any atom is 0.240 e. The second-order valence-corrected chi connectivity index (χ2v) is 8.69. The van der Waals surface area contributed by atoms with Gasteiger partial charge in [0.15, 0.2) is 0 Å².